The van der Waals surface area contributed by atoms with E-state index in [4.69, 9.17) is 4.74 Å². The zero-order valence-corrected chi connectivity index (χ0v) is 22.7. The van der Waals surface area contributed by atoms with Gasteiger partial charge in [-0.3, -0.25) is 24.5 Å². The van der Waals surface area contributed by atoms with E-state index in [1.54, 1.807) is 29.2 Å². The second-order valence-electron chi connectivity index (χ2n) is 11.2. The van der Waals surface area contributed by atoms with Crippen molar-refractivity contribution >= 4 is 35.4 Å². The van der Waals surface area contributed by atoms with E-state index in [-0.39, 0.29) is 23.6 Å². The fraction of sp³-hybridized carbons (Fsp3) is 0.607. The molecule has 10 nitrogen and oxygen atoms in total. The Labute approximate surface area is 224 Å². The first-order valence-corrected chi connectivity index (χ1v) is 13.5. The molecule has 1 spiro atoms. The number of benzene rings is 1. The van der Waals surface area contributed by atoms with Crippen LogP contribution >= 0.6 is 0 Å². The Morgan fingerprint density at radius 3 is 2.53 bits per heavy atom. The molecule has 3 rings (SSSR count). The van der Waals surface area contributed by atoms with Crippen molar-refractivity contribution in [2.24, 2.45) is 5.41 Å². The van der Waals surface area contributed by atoms with Crippen LogP contribution in [0.2, 0.25) is 0 Å². The number of nitrogens with zero attached hydrogens (tertiary/aromatic N) is 1. The molecule has 208 valence electrons. The summed E-state index contributed by atoms with van der Waals surface area (Å²) in [4.78, 5) is 62.7. The van der Waals surface area contributed by atoms with Crippen molar-refractivity contribution in [2.45, 2.75) is 84.2 Å². The van der Waals surface area contributed by atoms with Crippen LogP contribution in [-0.4, -0.2) is 59.9 Å². The van der Waals surface area contributed by atoms with E-state index in [2.05, 4.69) is 16.0 Å². The number of likely N-dealkylation sites (tertiary alicyclic amines) is 1. The zero-order valence-electron chi connectivity index (χ0n) is 22.7. The number of rotatable bonds is 10. The molecule has 1 aromatic rings. The normalized spacial score (nSPS) is 19.3. The predicted octanol–water partition coefficient (Wildman–Crippen LogP) is 3.76. The molecule has 1 aromatic carbocycles. The van der Waals surface area contributed by atoms with Crippen molar-refractivity contribution in [3.63, 3.8) is 0 Å². The van der Waals surface area contributed by atoms with Gasteiger partial charge in [-0.05, 0) is 64.7 Å². The maximum absolute atomic E-state index is 13.1. The molecule has 2 aliphatic rings. The lowest BCUT2D eigenvalue weighted by molar-refractivity contribution is -0.141. The summed E-state index contributed by atoms with van der Waals surface area (Å²) in [6.45, 7) is 6.79. The molecule has 2 aliphatic heterocycles. The number of carbonyl (C=O) groups excluding carboxylic acids is 5. The van der Waals surface area contributed by atoms with Gasteiger partial charge in [0, 0.05) is 43.7 Å². The van der Waals surface area contributed by atoms with E-state index >= 15 is 0 Å². The monoisotopic (exact) mass is 528 g/mol. The Kier molecular flexibility index (Phi) is 9.88. The molecule has 5 amide bonds. The number of alkyl carbamates (subject to hydrolysis) is 1. The van der Waals surface area contributed by atoms with Crippen molar-refractivity contribution in [3.8, 4) is 0 Å². The Hall–Kier alpha value is -3.43. The molecule has 2 heterocycles. The van der Waals surface area contributed by atoms with Crippen LogP contribution in [0.1, 0.15) is 88.9 Å². The number of ether oxygens (including phenoxy) is 1. The van der Waals surface area contributed by atoms with Gasteiger partial charge in [-0.1, -0.05) is 25.3 Å². The maximum atomic E-state index is 13.1. The molecule has 38 heavy (non-hydrogen) atoms. The maximum Gasteiger partial charge on any atom is 0.407 e. The average molecular weight is 529 g/mol. The summed E-state index contributed by atoms with van der Waals surface area (Å²) in [6, 6.07) is 6.84. The first kappa shape index (κ1) is 29.1. The molecule has 0 aliphatic carbocycles. The molecule has 1 atom stereocenters. The molecule has 2 saturated heterocycles. The van der Waals surface area contributed by atoms with Crippen molar-refractivity contribution in [1.29, 1.82) is 0 Å². The third-order valence-corrected chi connectivity index (χ3v) is 6.85. The van der Waals surface area contributed by atoms with Crippen LogP contribution in [0.4, 0.5) is 10.5 Å². The number of piperidine rings is 1. The van der Waals surface area contributed by atoms with E-state index in [1.807, 2.05) is 20.8 Å². The Balaban J connectivity index is 1.34. The van der Waals surface area contributed by atoms with Crippen LogP contribution in [0.15, 0.2) is 24.3 Å². The van der Waals surface area contributed by atoms with E-state index in [1.165, 1.54) is 0 Å². The molecular weight excluding hydrogens is 488 g/mol. The van der Waals surface area contributed by atoms with Gasteiger partial charge in [0.1, 0.15) is 5.60 Å². The Morgan fingerprint density at radius 1 is 1.05 bits per heavy atom. The quantitative estimate of drug-likeness (QED) is 0.313. The first-order chi connectivity index (χ1) is 18.0. The third-order valence-electron chi connectivity index (χ3n) is 6.85. The number of unbranched alkanes of at least 4 members (excludes halogenated alkanes) is 4. The van der Waals surface area contributed by atoms with Crippen LogP contribution in [0.25, 0.3) is 0 Å². The van der Waals surface area contributed by atoms with Gasteiger partial charge in [-0.2, -0.15) is 0 Å². The summed E-state index contributed by atoms with van der Waals surface area (Å²) in [5, 5.41) is 8.01. The number of imide groups is 1. The number of amides is 5. The summed E-state index contributed by atoms with van der Waals surface area (Å²) in [7, 11) is 0. The van der Waals surface area contributed by atoms with E-state index < -0.39 is 17.1 Å². The third kappa shape index (κ3) is 8.56. The molecule has 0 saturated carbocycles. The molecule has 0 bridgehead atoms. The van der Waals surface area contributed by atoms with E-state index in [9.17, 15) is 24.0 Å². The van der Waals surface area contributed by atoms with Gasteiger partial charge in [0.05, 0.1) is 5.41 Å². The minimum atomic E-state index is -0.690. The standard InChI is InChI=1S/C28H40N4O6/c1-27(2,3)38-26(37)29-16-8-6-4-5-7-12-22(33)30-21-11-9-10-20(18-21)24(35)32-17-15-28(19-32)14-13-23(34)31-25(28)36/h9-11,18H,4-8,12-17,19H2,1-3H3,(H,29,37)(H,30,33)(H,31,34,36). The smallest absolute Gasteiger partial charge is 0.407 e. The average Bonchev–Trinajstić information content (AvgIpc) is 3.27. The molecular formula is C28H40N4O6. The van der Waals surface area contributed by atoms with Crippen LogP contribution in [-0.2, 0) is 19.1 Å². The zero-order chi connectivity index (χ0) is 27.8. The van der Waals surface area contributed by atoms with Crippen LogP contribution in [0.3, 0.4) is 0 Å². The van der Waals surface area contributed by atoms with Gasteiger partial charge in [-0.15, -0.1) is 0 Å². The lowest BCUT2D eigenvalue weighted by Crippen LogP contribution is -2.50. The minimum absolute atomic E-state index is 0.107. The lowest BCUT2D eigenvalue weighted by Gasteiger charge is -2.31. The summed E-state index contributed by atoms with van der Waals surface area (Å²) in [5.41, 5.74) is -0.184. The molecule has 1 unspecified atom stereocenters. The SMILES string of the molecule is CC(C)(C)OC(=O)NCCCCCCCC(=O)Nc1cccc(C(=O)N2CCC3(CCC(=O)NC3=O)C2)c1. The van der Waals surface area contributed by atoms with Gasteiger partial charge >= 0.3 is 6.09 Å². The van der Waals surface area contributed by atoms with Gasteiger partial charge in [0.15, 0.2) is 0 Å². The fourth-order valence-electron chi connectivity index (χ4n) is 4.80. The van der Waals surface area contributed by atoms with Crippen LogP contribution in [0.5, 0.6) is 0 Å². The molecule has 0 aromatic heterocycles. The summed E-state index contributed by atoms with van der Waals surface area (Å²) >= 11 is 0. The highest BCUT2D eigenvalue weighted by Gasteiger charge is 2.48. The second kappa shape index (κ2) is 12.9. The minimum Gasteiger partial charge on any atom is -0.444 e. The number of anilines is 1. The van der Waals surface area contributed by atoms with Gasteiger partial charge in [0.25, 0.3) is 5.91 Å². The highest BCUT2D eigenvalue weighted by atomic mass is 16.6. The Morgan fingerprint density at radius 2 is 1.79 bits per heavy atom. The van der Waals surface area contributed by atoms with E-state index in [0.717, 1.165) is 32.1 Å². The first-order valence-electron chi connectivity index (χ1n) is 13.5. The number of carbonyl (C=O) groups is 5. The van der Waals surface area contributed by atoms with E-state index in [0.29, 0.717) is 56.6 Å². The van der Waals surface area contributed by atoms with Crippen molar-refractivity contribution < 1.29 is 28.7 Å². The molecule has 3 N–H and O–H groups in total. The Bertz CT molecular complexity index is 1050. The number of hydrogen-bond donors (Lipinski definition) is 3. The summed E-state index contributed by atoms with van der Waals surface area (Å²) < 4.78 is 5.19. The highest BCUT2D eigenvalue weighted by molar-refractivity contribution is 6.02. The lowest BCUT2D eigenvalue weighted by atomic mass is 9.79. The number of nitrogens with one attached hydrogen (secondary N) is 3. The topological polar surface area (TPSA) is 134 Å². The van der Waals surface area contributed by atoms with Crippen LogP contribution in [0, 0.1) is 5.41 Å². The fourth-order valence-corrected chi connectivity index (χ4v) is 4.80. The van der Waals surface area contributed by atoms with Gasteiger partial charge < -0.3 is 20.3 Å². The molecule has 0 radical (unpaired) electrons. The largest absolute Gasteiger partial charge is 0.444 e. The van der Waals surface area contributed by atoms with Crippen LogP contribution < -0.4 is 16.0 Å². The second-order valence-corrected chi connectivity index (χ2v) is 11.2. The highest BCUT2D eigenvalue weighted by Crippen LogP contribution is 2.38. The predicted molar refractivity (Wildman–Crippen MR) is 142 cm³/mol. The van der Waals surface area contributed by atoms with Crippen molar-refractivity contribution in [2.75, 3.05) is 25.0 Å². The summed E-state index contributed by atoms with van der Waals surface area (Å²) in [5.74, 6) is -0.849. The van der Waals surface area contributed by atoms with Crippen molar-refractivity contribution in [3.05, 3.63) is 29.8 Å². The van der Waals surface area contributed by atoms with Gasteiger partial charge in [0.2, 0.25) is 17.7 Å². The molecule has 10 heteroatoms. The number of hydrogen-bond acceptors (Lipinski definition) is 6. The molecule has 2 fully saturated rings. The summed E-state index contributed by atoms with van der Waals surface area (Å²) in [6.07, 6.45) is 5.71. The van der Waals surface area contributed by atoms with Crippen molar-refractivity contribution in [1.82, 2.24) is 15.5 Å². The van der Waals surface area contributed by atoms with Gasteiger partial charge in [-0.25, -0.2) is 4.79 Å².